The number of methoxy groups -OCH3 is 1. The number of carbonyl (C=O) groups excluding carboxylic acids is 1. The molecule has 0 saturated carbocycles. The zero-order valence-electron chi connectivity index (χ0n) is 14.5. The quantitative estimate of drug-likeness (QED) is 0.736. The molecule has 1 amide bonds. The molecule has 1 saturated heterocycles. The first-order valence-corrected chi connectivity index (χ1v) is 8.48. The smallest absolute Gasteiger partial charge is 0.222 e. The Kier molecular flexibility index (Phi) is 3.92. The van der Waals surface area contributed by atoms with Crippen molar-refractivity contribution in [3.8, 4) is 17.1 Å². The number of nitrogens with zero attached hydrogens (tertiary/aromatic N) is 3. The number of hydrogen-bond donors (Lipinski definition) is 0. The van der Waals surface area contributed by atoms with Crippen LogP contribution in [0.3, 0.4) is 0 Å². The van der Waals surface area contributed by atoms with Crippen LogP contribution in [0.15, 0.2) is 48.8 Å². The summed E-state index contributed by atoms with van der Waals surface area (Å²) in [6, 6.07) is 12.3. The summed E-state index contributed by atoms with van der Waals surface area (Å²) in [6.07, 6.45) is 4.40. The predicted octanol–water partition coefficient (Wildman–Crippen LogP) is 3.19. The fourth-order valence-corrected chi connectivity index (χ4v) is 3.69. The van der Waals surface area contributed by atoms with Gasteiger partial charge in [0.25, 0.3) is 0 Å². The standard InChI is InChI=1S/C20H21N3O2/c1-22-12-14(11-18(22)24)13-23-10-9-21-20(23)19-16-6-4-3-5-15(16)7-8-17(19)25-2/h3-10,14H,11-13H2,1-2H3. The molecule has 3 aromatic rings. The number of ether oxygens (including phenoxy) is 1. The number of fused-ring (bicyclic) bond motifs is 1. The first-order valence-electron chi connectivity index (χ1n) is 8.48. The van der Waals surface area contributed by atoms with Crippen molar-refractivity contribution >= 4 is 16.7 Å². The minimum Gasteiger partial charge on any atom is -0.496 e. The largest absolute Gasteiger partial charge is 0.496 e. The molecule has 1 atom stereocenters. The number of hydrogen-bond acceptors (Lipinski definition) is 3. The Morgan fingerprint density at radius 3 is 2.84 bits per heavy atom. The van der Waals surface area contributed by atoms with Crippen molar-refractivity contribution in [2.24, 2.45) is 5.92 Å². The van der Waals surface area contributed by atoms with Crippen LogP contribution < -0.4 is 4.74 Å². The molecule has 1 unspecified atom stereocenters. The van der Waals surface area contributed by atoms with E-state index in [0.29, 0.717) is 12.3 Å². The molecule has 128 valence electrons. The second kappa shape index (κ2) is 6.24. The number of likely N-dealkylation sites (tertiary alicyclic amines) is 1. The first kappa shape index (κ1) is 15.7. The number of aromatic nitrogens is 2. The number of rotatable bonds is 4. The highest BCUT2D eigenvalue weighted by Crippen LogP contribution is 2.36. The molecule has 25 heavy (non-hydrogen) atoms. The summed E-state index contributed by atoms with van der Waals surface area (Å²) in [7, 11) is 3.55. The van der Waals surface area contributed by atoms with Crippen LogP contribution in [0, 0.1) is 5.92 Å². The topological polar surface area (TPSA) is 47.4 Å². The van der Waals surface area contributed by atoms with Gasteiger partial charge in [-0.1, -0.05) is 30.3 Å². The van der Waals surface area contributed by atoms with Crippen LogP contribution in [-0.4, -0.2) is 41.1 Å². The van der Waals surface area contributed by atoms with Crippen LogP contribution in [0.5, 0.6) is 5.75 Å². The van der Waals surface area contributed by atoms with Crippen molar-refractivity contribution in [1.82, 2.24) is 14.5 Å². The highest BCUT2D eigenvalue weighted by molar-refractivity contribution is 5.98. The van der Waals surface area contributed by atoms with Gasteiger partial charge < -0.3 is 14.2 Å². The number of carbonyl (C=O) groups is 1. The SMILES string of the molecule is COc1ccc2ccccc2c1-c1nccn1CC1CC(=O)N(C)C1. The zero-order valence-corrected chi connectivity index (χ0v) is 14.5. The maximum Gasteiger partial charge on any atom is 0.222 e. The second-order valence-corrected chi connectivity index (χ2v) is 6.61. The zero-order chi connectivity index (χ0) is 17.4. The van der Waals surface area contributed by atoms with Crippen molar-refractivity contribution in [3.05, 3.63) is 48.8 Å². The lowest BCUT2D eigenvalue weighted by atomic mass is 10.0. The Morgan fingerprint density at radius 1 is 1.24 bits per heavy atom. The van der Waals surface area contributed by atoms with Gasteiger partial charge in [0.05, 0.1) is 12.7 Å². The molecule has 0 bridgehead atoms. The van der Waals surface area contributed by atoms with Crippen LogP contribution >= 0.6 is 0 Å². The normalized spacial score (nSPS) is 17.4. The van der Waals surface area contributed by atoms with E-state index in [4.69, 9.17) is 4.74 Å². The van der Waals surface area contributed by atoms with E-state index in [1.54, 1.807) is 12.0 Å². The first-order chi connectivity index (χ1) is 12.2. The molecule has 5 nitrogen and oxygen atoms in total. The van der Waals surface area contributed by atoms with Gasteiger partial charge in [0.15, 0.2) is 0 Å². The molecule has 4 rings (SSSR count). The summed E-state index contributed by atoms with van der Waals surface area (Å²) in [5.41, 5.74) is 1.00. The average molecular weight is 335 g/mol. The number of benzene rings is 2. The summed E-state index contributed by atoms with van der Waals surface area (Å²) in [5.74, 6) is 2.22. The summed E-state index contributed by atoms with van der Waals surface area (Å²) in [6.45, 7) is 1.57. The van der Waals surface area contributed by atoms with Crippen molar-refractivity contribution in [2.75, 3.05) is 20.7 Å². The van der Waals surface area contributed by atoms with Gasteiger partial charge in [0.2, 0.25) is 5.91 Å². The van der Waals surface area contributed by atoms with E-state index in [1.807, 2.05) is 37.6 Å². The Morgan fingerprint density at radius 2 is 2.08 bits per heavy atom. The molecule has 2 aromatic carbocycles. The monoisotopic (exact) mass is 335 g/mol. The Labute approximate surface area is 146 Å². The van der Waals surface area contributed by atoms with Crippen molar-refractivity contribution in [3.63, 3.8) is 0 Å². The second-order valence-electron chi connectivity index (χ2n) is 6.61. The Balaban J connectivity index is 1.78. The minimum absolute atomic E-state index is 0.217. The van der Waals surface area contributed by atoms with Gasteiger partial charge in [-0.15, -0.1) is 0 Å². The maximum atomic E-state index is 11.8. The van der Waals surface area contributed by atoms with Crippen LogP contribution in [0.2, 0.25) is 0 Å². The van der Waals surface area contributed by atoms with Crippen molar-refractivity contribution in [1.29, 1.82) is 0 Å². The maximum absolute atomic E-state index is 11.8. The summed E-state index contributed by atoms with van der Waals surface area (Å²) < 4.78 is 7.76. The van der Waals surface area contributed by atoms with Gasteiger partial charge in [0, 0.05) is 44.9 Å². The van der Waals surface area contributed by atoms with E-state index < -0.39 is 0 Å². The minimum atomic E-state index is 0.217. The fourth-order valence-electron chi connectivity index (χ4n) is 3.69. The van der Waals surface area contributed by atoms with Gasteiger partial charge in [-0.3, -0.25) is 4.79 Å². The molecule has 1 aliphatic rings. The van der Waals surface area contributed by atoms with Gasteiger partial charge in [0.1, 0.15) is 11.6 Å². The molecule has 2 heterocycles. The molecular weight excluding hydrogens is 314 g/mol. The highest BCUT2D eigenvalue weighted by Gasteiger charge is 2.28. The Hall–Kier alpha value is -2.82. The third-order valence-electron chi connectivity index (χ3n) is 4.93. The summed E-state index contributed by atoms with van der Waals surface area (Å²) in [5, 5.41) is 2.28. The van der Waals surface area contributed by atoms with Gasteiger partial charge >= 0.3 is 0 Å². The van der Waals surface area contributed by atoms with Gasteiger partial charge in [-0.05, 0) is 16.8 Å². The van der Waals surface area contributed by atoms with Crippen LogP contribution in [0.1, 0.15) is 6.42 Å². The van der Waals surface area contributed by atoms with Gasteiger partial charge in [-0.2, -0.15) is 0 Å². The Bertz CT molecular complexity index is 932. The predicted molar refractivity (Wildman–Crippen MR) is 97.5 cm³/mol. The van der Waals surface area contributed by atoms with E-state index in [1.165, 1.54) is 0 Å². The van der Waals surface area contributed by atoms with E-state index in [2.05, 4.69) is 27.8 Å². The third-order valence-corrected chi connectivity index (χ3v) is 4.93. The average Bonchev–Trinajstić information content (AvgIpc) is 3.20. The summed E-state index contributed by atoms with van der Waals surface area (Å²) >= 11 is 0. The molecule has 0 N–H and O–H groups in total. The lowest BCUT2D eigenvalue weighted by Crippen LogP contribution is -2.20. The summed E-state index contributed by atoms with van der Waals surface area (Å²) in [4.78, 5) is 18.2. The molecule has 0 spiro atoms. The van der Waals surface area contributed by atoms with Crippen LogP contribution in [0.4, 0.5) is 0 Å². The van der Waals surface area contributed by atoms with Crippen molar-refractivity contribution < 1.29 is 9.53 Å². The van der Waals surface area contributed by atoms with Crippen LogP contribution in [0.25, 0.3) is 22.2 Å². The van der Waals surface area contributed by atoms with Gasteiger partial charge in [-0.25, -0.2) is 4.98 Å². The van der Waals surface area contributed by atoms with E-state index in [9.17, 15) is 4.79 Å². The van der Waals surface area contributed by atoms with Crippen molar-refractivity contribution in [2.45, 2.75) is 13.0 Å². The molecular formula is C20H21N3O2. The molecule has 1 aromatic heterocycles. The fraction of sp³-hybridized carbons (Fsp3) is 0.300. The lowest BCUT2D eigenvalue weighted by molar-refractivity contribution is -0.126. The lowest BCUT2D eigenvalue weighted by Gasteiger charge is -2.16. The number of amides is 1. The molecule has 5 heteroatoms. The van der Waals surface area contributed by atoms with E-state index in [0.717, 1.165) is 41.0 Å². The number of imidazole rings is 1. The molecule has 0 aliphatic carbocycles. The third kappa shape index (κ3) is 2.76. The van der Waals surface area contributed by atoms with Crippen LogP contribution in [-0.2, 0) is 11.3 Å². The van der Waals surface area contributed by atoms with E-state index >= 15 is 0 Å². The highest BCUT2D eigenvalue weighted by atomic mass is 16.5. The molecule has 1 fully saturated rings. The molecule has 1 aliphatic heterocycles. The van der Waals surface area contributed by atoms with E-state index in [-0.39, 0.29) is 5.91 Å². The molecule has 0 radical (unpaired) electrons.